The van der Waals surface area contributed by atoms with Crippen LogP contribution in [-0.4, -0.2) is 65.7 Å². The highest BCUT2D eigenvalue weighted by molar-refractivity contribution is 5.88. The summed E-state index contributed by atoms with van der Waals surface area (Å²) in [5, 5.41) is 11.9. The Morgan fingerprint density at radius 2 is 1.89 bits per heavy atom. The molecule has 1 saturated heterocycles. The molecule has 1 spiro atoms. The molecule has 2 saturated carbocycles. The molecule has 0 radical (unpaired) electrons. The van der Waals surface area contributed by atoms with E-state index in [4.69, 9.17) is 4.74 Å². The van der Waals surface area contributed by atoms with Gasteiger partial charge in [0.1, 0.15) is 5.75 Å². The second-order valence-electron chi connectivity index (χ2n) is 11.7. The molecule has 2 aliphatic carbocycles. The predicted molar refractivity (Wildman–Crippen MR) is 138 cm³/mol. The SMILES string of the molecule is COc1ccc2c3c([nH]c2c1)C(CO)N(CC1CCCCC1)CC31CCN(C(=O)C2CCC2)CC1. The van der Waals surface area contributed by atoms with Gasteiger partial charge in [-0.15, -0.1) is 0 Å². The molecule has 6 heteroatoms. The molecule has 1 aromatic carbocycles. The lowest BCUT2D eigenvalue weighted by Gasteiger charge is -2.51. The van der Waals surface area contributed by atoms with Gasteiger partial charge < -0.3 is 19.7 Å². The highest BCUT2D eigenvalue weighted by atomic mass is 16.5. The van der Waals surface area contributed by atoms with Crippen molar-refractivity contribution in [3.05, 3.63) is 29.5 Å². The normalized spacial score (nSPS) is 25.5. The Morgan fingerprint density at radius 3 is 2.54 bits per heavy atom. The number of hydrogen-bond donors (Lipinski definition) is 2. The standard InChI is InChI=1S/C29H41N3O3/c1-35-22-10-11-23-24(16-22)30-27-25(18-33)32(17-20-6-3-2-4-7-20)19-29(26(23)27)12-14-31(15-13-29)28(34)21-8-5-9-21/h10-11,16,20-21,25,30,33H,2-9,12-15,17-19H2,1H3. The number of H-pyrrole nitrogens is 1. The number of rotatable bonds is 5. The van der Waals surface area contributed by atoms with E-state index in [1.165, 1.54) is 55.2 Å². The van der Waals surface area contributed by atoms with E-state index in [9.17, 15) is 9.90 Å². The maximum absolute atomic E-state index is 13.0. The van der Waals surface area contributed by atoms with Gasteiger partial charge in [-0.1, -0.05) is 25.7 Å². The monoisotopic (exact) mass is 479 g/mol. The zero-order valence-electron chi connectivity index (χ0n) is 21.2. The number of fused-ring (bicyclic) bond motifs is 4. The van der Waals surface area contributed by atoms with E-state index in [0.29, 0.717) is 5.91 Å². The fraction of sp³-hybridized carbons (Fsp3) is 0.690. The molecule has 2 N–H and O–H groups in total. The first-order valence-electron chi connectivity index (χ1n) is 14.0. The minimum Gasteiger partial charge on any atom is -0.497 e. The predicted octanol–water partition coefficient (Wildman–Crippen LogP) is 4.77. The fourth-order valence-electron chi connectivity index (χ4n) is 7.48. The van der Waals surface area contributed by atoms with Gasteiger partial charge >= 0.3 is 0 Å². The lowest BCUT2D eigenvalue weighted by molar-refractivity contribution is -0.140. The molecule has 3 fully saturated rings. The maximum atomic E-state index is 13.0. The number of aliphatic hydroxyl groups excluding tert-OH is 1. The molecule has 4 aliphatic rings. The van der Waals surface area contributed by atoms with Gasteiger partial charge in [-0.05, 0) is 62.1 Å². The van der Waals surface area contributed by atoms with Crippen molar-refractivity contribution in [3.8, 4) is 5.75 Å². The molecular weight excluding hydrogens is 438 g/mol. The highest BCUT2D eigenvalue weighted by Crippen LogP contribution is 2.49. The van der Waals surface area contributed by atoms with Crippen LogP contribution in [0.5, 0.6) is 5.75 Å². The van der Waals surface area contributed by atoms with Crippen molar-refractivity contribution in [2.75, 3.05) is 39.9 Å². The lowest BCUT2D eigenvalue weighted by atomic mass is 9.67. The van der Waals surface area contributed by atoms with Gasteiger partial charge in [-0.2, -0.15) is 0 Å². The number of aromatic nitrogens is 1. The molecule has 2 aromatic rings. The molecule has 3 heterocycles. The number of nitrogens with zero attached hydrogens (tertiary/aromatic N) is 2. The number of carbonyl (C=O) groups excluding carboxylic acids is 1. The number of nitrogens with one attached hydrogen (secondary N) is 1. The van der Waals surface area contributed by atoms with Crippen molar-refractivity contribution < 1.29 is 14.6 Å². The molecule has 1 amide bonds. The average molecular weight is 480 g/mol. The van der Waals surface area contributed by atoms with Crippen LogP contribution < -0.4 is 4.74 Å². The smallest absolute Gasteiger partial charge is 0.225 e. The minimum absolute atomic E-state index is 0.00517. The zero-order valence-corrected chi connectivity index (χ0v) is 21.2. The number of aliphatic hydroxyl groups is 1. The Labute approximate surface area is 209 Å². The van der Waals surface area contributed by atoms with Crippen LogP contribution in [-0.2, 0) is 10.2 Å². The molecule has 2 aliphatic heterocycles. The maximum Gasteiger partial charge on any atom is 0.225 e. The first kappa shape index (κ1) is 23.4. The van der Waals surface area contributed by atoms with E-state index in [-0.39, 0.29) is 24.0 Å². The molecule has 6 nitrogen and oxygen atoms in total. The summed E-state index contributed by atoms with van der Waals surface area (Å²) in [7, 11) is 1.71. The highest BCUT2D eigenvalue weighted by Gasteiger charge is 2.48. The molecular formula is C29H41N3O3. The fourth-order valence-corrected chi connectivity index (χ4v) is 7.48. The molecule has 1 aromatic heterocycles. The van der Waals surface area contributed by atoms with Crippen molar-refractivity contribution in [2.24, 2.45) is 11.8 Å². The number of aromatic amines is 1. The van der Waals surface area contributed by atoms with Crippen molar-refractivity contribution in [1.82, 2.24) is 14.8 Å². The van der Waals surface area contributed by atoms with Gasteiger partial charge in [-0.3, -0.25) is 9.69 Å². The molecule has 1 atom stereocenters. The number of carbonyl (C=O) groups is 1. The van der Waals surface area contributed by atoms with Gasteiger partial charge in [0.2, 0.25) is 5.91 Å². The Balaban J connectivity index is 1.36. The number of methoxy groups -OCH3 is 1. The Morgan fingerprint density at radius 1 is 1.11 bits per heavy atom. The van der Waals surface area contributed by atoms with Crippen LogP contribution in [0.4, 0.5) is 0 Å². The summed E-state index contributed by atoms with van der Waals surface area (Å²) in [6, 6.07) is 6.35. The topological polar surface area (TPSA) is 68.8 Å². The molecule has 0 bridgehead atoms. The van der Waals surface area contributed by atoms with Crippen LogP contribution in [0, 0.1) is 11.8 Å². The van der Waals surface area contributed by atoms with E-state index in [1.807, 2.05) is 0 Å². The summed E-state index contributed by atoms with van der Waals surface area (Å²) in [5.74, 6) is 2.23. The van der Waals surface area contributed by atoms with E-state index in [1.54, 1.807) is 7.11 Å². The molecule has 1 unspecified atom stereocenters. The van der Waals surface area contributed by atoms with E-state index in [0.717, 1.165) is 69.0 Å². The van der Waals surface area contributed by atoms with Gasteiger partial charge in [0.15, 0.2) is 0 Å². The van der Waals surface area contributed by atoms with Crippen molar-refractivity contribution >= 4 is 16.8 Å². The Kier molecular flexibility index (Phi) is 6.30. The number of ether oxygens (including phenoxy) is 1. The first-order chi connectivity index (χ1) is 17.1. The van der Waals surface area contributed by atoms with Crippen molar-refractivity contribution in [2.45, 2.75) is 75.7 Å². The third-order valence-corrected chi connectivity index (χ3v) is 9.72. The number of likely N-dealkylation sites (tertiary alicyclic amines) is 1. The van der Waals surface area contributed by atoms with Crippen LogP contribution in [0.1, 0.15) is 81.5 Å². The number of amides is 1. The summed E-state index contributed by atoms with van der Waals surface area (Å²) < 4.78 is 5.52. The average Bonchev–Trinajstić information content (AvgIpc) is 3.23. The van der Waals surface area contributed by atoms with E-state index >= 15 is 0 Å². The van der Waals surface area contributed by atoms with Crippen LogP contribution in [0.15, 0.2) is 18.2 Å². The van der Waals surface area contributed by atoms with Gasteiger partial charge in [0.05, 0.1) is 19.8 Å². The number of benzene rings is 1. The summed E-state index contributed by atoms with van der Waals surface area (Å²) in [6.07, 6.45) is 12.0. The second-order valence-corrected chi connectivity index (χ2v) is 11.7. The van der Waals surface area contributed by atoms with Crippen LogP contribution in [0.3, 0.4) is 0 Å². The van der Waals surface area contributed by atoms with Gasteiger partial charge in [-0.25, -0.2) is 0 Å². The molecule has 35 heavy (non-hydrogen) atoms. The number of hydrogen-bond acceptors (Lipinski definition) is 4. The number of piperidine rings is 1. The summed E-state index contributed by atoms with van der Waals surface area (Å²) in [6.45, 7) is 3.87. The first-order valence-corrected chi connectivity index (χ1v) is 14.0. The largest absolute Gasteiger partial charge is 0.497 e. The Hall–Kier alpha value is -2.05. The van der Waals surface area contributed by atoms with Gasteiger partial charge in [0, 0.05) is 60.2 Å². The second kappa shape index (κ2) is 9.44. The quantitative estimate of drug-likeness (QED) is 0.648. The molecule has 6 rings (SSSR count). The van der Waals surface area contributed by atoms with E-state index in [2.05, 4.69) is 33.0 Å². The molecule has 190 valence electrons. The third kappa shape index (κ3) is 4.07. The third-order valence-electron chi connectivity index (χ3n) is 9.72. The summed E-state index contributed by atoms with van der Waals surface area (Å²) in [4.78, 5) is 21.5. The van der Waals surface area contributed by atoms with Crippen LogP contribution in [0.2, 0.25) is 0 Å². The zero-order chi connectivity index (χ0) is 24.0. The minimum atomic E-state index is 0.00517. The Bertz CT molecular complexity index is 1060. The van der Waals surface area contributed by atoms with Crippen molar-refractivity contribution in [1.29, 1.82) is 0 Å². The summed E-state index contributed by atoms with van der Waals surface area (Å²) in [5.41, 5.74) is 3.69. The van der Waals surface area contributed by atoms with Crippen LogP contribution in [0.25, 0.3) is 10.9 Å². The van der Waals surface area contributed by atoms with Crippen molar-refractivity contribution in [3.63, 3.8) is 0 Å². The van der Waals surface area contributed by atoms with Crippen LogP contribution >= 0.6 is 0 Å². The van der Waals surface area contributed by atoms with E-state index < -0.39 is 0 Å². The lowest BCUT2D eigenvalue weighted by Crippen LogP contribution is -2.56. The van der Waals surface area contributed by atoms with Gasteiger partial charge in [0.25, 0.3) is 0 Å². The summed E-state index contributed by atoms with van der Waals surface area (Å²) >= 11 is 0.